The van der Waals surface area contributed by atoms with Crippen LogP contribution in [0.2, 0.25) is 0 Å². The SMILES string of the molecule is O[C@H]1[C@H](NCc2ccc(OC(F)(F)F)cc2)[C@@H]2CO[C@H](O2)[C@H]1N1CCC(Cc2ccccc2)CC1. The van der Waals surface area contributed by atoms with E-state index in [1.807, 2.05) is 6.07 Å². The molecule has 6 nitrogen and oxygen atoms in total. The summed E-state index contributed by atoms with van der Waals surface area (Å²) in [6.07, 6.45) is -2.94. The molecule has 9 heteroatoms. The van der Waals surface area contributed by atoms with Crippen molar-refractivity contribution >= 4 is 0 Å². The summed E-state index contributed by atoms with van der Waals surface area (Å²) in [6.45, 7) is 2.53. The van der Waals surface area contributed by atoms with Gasteiger partial charge in [-0.05, 0) is 61.5 Å². The molecule has 190 valence electrons. The first-order chi connectivity index (χ1) is 16.9. The Hall–Kier alpha value is -2.17. The van der Waals surface area contributed by atoms with Gasteiger partial charge in [0.15, 0.2) is 6.29 Å². The smallest absolute Gasteiger partial charge is 0.406 e. The quantitative estimate of drug-likeness (QED) is 0.617. The zero-order valence-corrected chi connectivity index (χ0v) is 19.4. The molecular weight excluding hydrogens is 461 g/mol. The Labute approximate surface area is 203 Å². The van der Waals surface area contributed by atoms with Crippen molar-refractivity contribution in [2.75, 3.05) is 19.7 Å². The van der Waals surface area contributed by atoms with Gasteiger partial charge in [-0.2, -0.15) is 0 Å². The Balaban J connectivity index is 1.17. The van der Waals surface area contributed by atoms with Gasteiger partial charge in [0.05, 0.1) is 24.8 Å². The second kappa shape index (κ2) is 10.4. The third kappa shape index (κ3) is 5.98. The van der Waals surface area contributed by atoms with Crippen molar-refractivity contribution in [2.45, 2.75) is 62.8 Å². The van der Waals surface area contributed by atoms with Gasteiger partial charge in [-0.1, -0.05) is 42.5 Å². The highest BCUT2D eigenvalue weighted by molar-refractivity contribution is 5.27. The summed E-state index contributed by atoms with van der Waals surface area (Å²) in [7, 11) is 0. The lowest BCUT2D eigenvalue weighted by molar-refractivity contribution is -0.274. The van der Waals surface area contributed by atoms with Crippen molar-refractivity contribution in [1.29, 1.82) is 0 Å². The molecule has 3 saturated heterocycles. The number of likely N-dealkylation sites (tertiary alicyclic amines) is 1. The molecule has 0 aromatic heterocycles. The summed E-state index contributed by atoms with van der Waals surface area (Å²) in [4.78, 5) is 2.29. The number of halogens is 3. The zero-order chi connectivity index (χ0) is 24.4. The van der Waals surface area contributed by atoms with E-state index in [1.54, 1.807) is 12.1 Å². The summed E-state index contributed by atoms with van der Waals surface area (Å²) in [5.41, 5.74) is 2.14. The van der Waals surface area contributed by atoms with Crippen molar-refractivity contribution in [1.82, 2.24) is 10.2 Å². The van der Waals surface area contributed by atoms with E-state index in [9.17, 15) is 18.3 Å². The third-order valence-electron chi connectivity index (χ3n) is 7.27. The van der Waals surface area contributed by atoms with Gasteiger partial charge in [0.25, 0.3) is 0 Å². The van der Waals surface area contributed by atoms with E-state index in [0.29, 0.717) is 19.1 Å². The fourth-order valence-corrected chi connectivity index (χ4v) is 5.49. The number of nitrogens with zero attached hydrogens (tertiary/aromatic N) is 1. The number of ether oxygens (including phenoxy) is 3. The molecule has 0 saturated carbocycles. The monoisotopic (exact) mass is 492 g/mol. The number of piperidine rings is 1. The van der Waals surface area contributed by atoms with Crippen LogP contribution in [0.4, 0.5) is 13.2 Å². The topological polar surface area (TPSA) is 63.2 Å². The summed E-state index contributed by atoms with van der Waals surface area (Å²) in [6, 6.07) is 15.7. The van der Waals surface area contributed by atoms with Crippen LogP contribution in [0.15, 0.2) is 54.6 Å². The number of fused-ring (bicyclic) bond motifs is 2. The molecule has 0 radical (unpaired) electrons. The Kier molecular flexibility index (Phi) is 7.31. The highest BCUT2D eigenvalue weighted by Gasteiger charge is 2.52. The predicted molar refractivity (Wildman–Crippen MR) is 123 cm³/mol. The zero-order valence-electron chi connectivity index (χ0n) is 19.4. The molecule has 2 bridgehead atoms. The van der Waals surface area contributed by atoms with Crippen LogP contribution in [-0.2, 0) is 22.4 Å². The molecule has 0 aliphatic carbocycles. The number of nitrogens with one attached hydrogen (secondary N) is 1. The maximum absolute atomic E-state index is 12.4. The third-order valence-corrected chi connectivity index (χ3v) is 7.27. The Morgan fingerprint density at radius 3 is 2.40 bits per heavy atom. The lowest BCUT2D eigenvalue weighted by Gasteiger charge is -2.46. The number of aliphatic hydroxyl groups excluding tert-OH is 1. The Morgan fingerprint density at radius 2 is 1.71 bits per heavy atom. The van der Waals surface area contributed by atoms with Crippen LogP contribution < -0.4 is 10.1 Å². The molecule has 5 atom stereocenters. The average Bonchev–Trinajstić information content (AvgIpc) is 3.26. The molecular formula is C26H31F3N2O4. The maximum atomic E-state index is 12.4. The number of rotatable bonds is 7. The standard InChI is InChI=1S/C26H31F3N2O4/c27-26(28,29)35-20-8-6-19(7-9-20)15-30-22-21-16-33-25(34-21)23(24(22)32)31-12-10-18(11-13-31)14-17-4-2-1-3-5-17/h1-9,18,21-25,30,32H,10-16H2/t21-,22+,23-,24-,25+/m0/s1. The molecule has 2 aromatic rings. The molecule has 0 spiro atoms. The predicted octanol–water partition coefficient (Wildman–Crippen LogP) is 3.48. The first kappa shape index (κ1) is 24.5. The summed E-state index contributed by atoms with van der Waals surface area (Å²) in [5, 5.41) is 14.7. The van der Waals surface area contributed by atoms with Crippen LogP contribution in [0.25, 0.3) is 0 Å². The van der Waals surface area contributed by atoms with Gasteiger partial charge in [-0.15, -0.1) is 13.2 Å². The summed E-state index contributed by atoms with van der Waals surface area (Å²) < 4.78 is 53.1. The van der Waals surface area contributed by atoms with E-state index in [4.69, 9.17) is 9.47 Å². The van der Waals surface area contributed by atoms with Crippen LogP contribution in [0, 0.1) is 5.92 Å². The molecule has 35 heavy (non-hydrogen) atoms. The van der Waals surface area contributed by atoms with E-state index in [-0.39, 0.29) is 23.9 Å². The molecule has 0 unspecified atom stereocenters. The van der Waals surface area contributed by atoms with Crippen molar-refractivity contribution in [2.24, 2.45) is 5.92 Å². The Bertz CT molecular complexity index is 951. The molecule has 3 aliphatic heterocycles. The number of benzene rings is 2. The average molecular weight is 493 g/mol. The van der Waals surface area contributed by atoms with Gasteiger partial charge < -0.3 is 24.6 Å². The highest BCUT2D eigenvalue weighted by Crippen LogP contribution is 2.34. The Morgan fingerprint density at radius 1 is 1.00 bits per heavy atom. The number of hydrogen-bond acceptors (Lipinski definition) is 6. The minimum absolute atomic E-state index is 0.258. The van der Waals surface area contributed by atoms with Crippen molar-refractivity contribution < 1.29 is 32.5 Å². The second-order valence-corrected chi connectivity index (χ2v) is 9.62. The largest absolute Gasteiger partial charge is 0.573 e. The van der Waals surface area contributed by atoms with Gasteiger partial charge in [0.2, 0.25) is 0 Å². The minimum atomic E-state index is -4.71. The molecule has 3 heterocycles. The van der Waals surface area contributed by atoms with Gasteiger partial charge in [-0.3, -0.25) is 4.90 Å². The fourth-order valence-electron chi connectivity index (χ4n) is 5.49. The van der Waals surface area contributed by atoms with E-state index in [1.165, 1.54) is 17.7 Å². The molecule has 2 aromatic carbocycles. The maximum Gasteiger partial charge on any atom is 0.573 e. The van der Waals surface area contributed by atoms with Crippen LogP contribution in [0.1, 0.15) is 24.0 Å². The van der Waals surface area contributed by atoms with Crippen LogP contribution >= 0.6 is 0 Å². The lowest BCUT2D eigenvalue weighted by Crippen LogP contribution is -2.65. The van der Waals surface area contributed by atoms with Crippen molar-refractivity contribution in [3.05, 3.63) is 65.7 Å². The van der Waals surface area contributed by atoms with Gasteiger partial charge in [-0.25, -0.2) is 0 Å². The minimum Gasteiger partial charge on any atom is -0.406 e. The van der Waals surface area contributed by atoms with Crippen molar-refractivity contribution in [3.8, 4) is 5.75 Å². The number of aliphatic hydroxyl groups is 1. The normalized spacial score (nSPS) is 29.9. The lowest BCUT2D eigenvalue weighted by atomic mass is 9.87. The fraction of sp³-hybridized carbons (Fsp3) is 0.538. The second-order valence-electron chi connectivity index (χ2n) is 9.62. The molecule has 0 amide bonds. The van der Waals surface area contributed by atoms with Crippen molar-refractivity contribution in [3.63, 3.8) is 0 Å². The van der Waals surface area contributed by atoms with Gasteiger partial charge >= 0.3 is 6.36 Å². The van der Waals surface area contributed by atoms with E-state index >= 15 is 0 Å². The molecule has 3 aliphatic rings. The molecule has 5 rings (SSSR count). The summed E-state index contributed by atoms with van der Waals surface area (Å²) >= 11 is 0. The number of hydrogen-bond donors (Lipinski definition) is 2. The van der Waals surface area contributed by atoms with E-state index in [0.717, 1.165) is 37.9 Å². The van der Waals surface area contributed by atoms with E-state index in [2.05, 4.69) is 39.2 Å². The summed E-state index contributed by atoms with van der Waals surface area (Å²) in [5.74, 6) is 0.357. The van der Waals surface area contributed by atoms with Crippen LogP contribution in [0.3, 0.4) is 0 Å². The highest BCUT2D eigenvalue weighted by atomic mass is 19.4. The van der Waals surface area contributed by atoms with Gasteiger partial charge in [0.1, 0.15) is 11.9 Å². The van der Waals surface area contributed by atoms with Crippen LogP contribution in [-0.4, -0.2) is 66.6 Å². The molecule has 2 N–H and O–H groups in total. The van der Waals surface area contributed by atoms with Gasteiger partial charge in [0, 0.05) is 6.54 Å². The first-order valence-corrected chi connectivity index (χ1v) is 12.2. The van der Waals surface area contributed by atoms with E-state index < -0.39 is 18.8 Å². The number of alkyl halides is 3. The first-order valence-electron chi connectivity index (χ1n) is 12.2. The molecule has 3 fully saturated rings. The van der Waals surface area contributed by atoms with Crippen LogP contribution in [0.5, 0.6) is 5.75 Å².